The molecule has 0 aromatic heterocycles. The minimum absolute atomic E-state index is 0.249. The van der Waals surface area contributed by atoms with Crippen LogP contribution >= 0.6 is 0 Å². The molecule has 0 radical (unpaired) electrons. The number of aldehydes is 1. The summed E-state index contributed by atoms with van der Waals surface area (Å²) in [5.74, 6) is -0.249. The van der Waals surface area contributed by atoms with Crippen molar-refractivity contribution >= 4 is 12.1 Å². The highest BCUT2D eigenvalue weighted by Crippen LogP contribution is 2.39. The molecule has 0 heterocycles. The minimum Gasteiger partial charge on any atom is -0.295 e. The summed E-state index contributed by atoms with van der Waals surface area (Å²) in [7, 11) is 0. The zero-order valence-electron chi connectivity index (χ0n) is 8.82. The molecule has 0 saturated heterocycles. The van der Waals surface area contributed by atoms with Crippen LogP contribution in [0, 0.1) is 5.41 Å². The lowest BCUT2D eigenvalue weighted by Crippen LogP contribution is -2.32. The van der Waals surface area contributed by atoms with Gasteiger partial charge in [-0.2, -0.15) is 0 Å². The molecule has 0 amide bonds. The molecule has 0 unspecified atom stereocenters. The average molecular weight is 202 g/mol. The normalized spacial score (nSPS) is 17.1. The summed E-state index contributed by atoms with van der Waals surface area (Å²) in [6, 6.07) is 8.06. The average Bonchev–Trinajstić information content (AvgIpc) is 2.67. The Hall–Kier alpha value is -1.44. The Balaban J connectivity index is 2.37. The summed E-state index contributed by atoms with van der Waals surface area (Å²) < 4.78 is 0. The van der Waals surface area contributed by atoms with Crippen molar-refractivity contribution in [1.82, 2.24) is 0 Å². The van der Waals surface area contributed by atoms with Crippen LogP contribution in [0.25, 0.3) is 0 Å². The van der Waals surface area contributed by atoms with Gasteiger partial charge in [-0.1, -0.05) is 31.2 Å². The van der Waals surface area contributed by atoms with E-state index in [9.17, 15) is 9.59 Å². The molecule has 78 valence electrons. The van der Waals surface area contributed by atoms with Crippen molar-refractivity contribution in [1.29, 1.82) is 0 Å². The number of carbonyl (C=O) groups excluding carboxylic acids is 2. The summed E-state index contributed by atoms with van der Waals surface area (Å²) in [6.45, 7) is 1.98. The van der Waals surface area contributed by atoms with Gasteiger partial charge in [0.25, 0.3) is 0 Å². The third-order valence-electron chi connectivity index (χ3n) is 3.48. The van der Waals surface area contributed by atoms with Crippen molar-refractivity contribution in [2.45, 2.75) is 26.2 Å². The van der Waals surface area contributed by atoms with E-state index in [2.05, 4.69) is 0 Å². The summed E-state index contributed by atoms with van der Waals surface area (Å²) >= 11 is 0. The maximum absolute atomic E-state index is 11.7. The van der Waals surface area contributed by atoms with E-state index in [1.807, 2.05) is 31.2 Å². The second-order valence-electron chi connectivity index (χ2n) is 4.24. The van der Waals surface area contributed by atoms with Gasteiger partial charge in [0.05, 0.1) is 0 Å². The third kappa shape index (κ3) is 1.50. The van der Waals surface area contributed by atoms with Crippen molar-refractivity contribution in [2.75, 3.05) is 0 Å². The zero-order chi connectivity index (χ0) is 10.9. The molecule has 0 spiro atoms. The number of benzene rings is 1. The monoisotopic (exact) mass is 202 g/mol. The van der Waals surface area contributed by atoms with Gasteiger partial charge in [0.15, 0.2) is 6.29 Å². The Labute approximate surface area is 89.3 Å². The Morgan fingerprint density at radius 3 is 2.27 bits per heavy atom. The first-order valence-electron chi connectivity index (χ1n) is 5.28. The molecule has 1 aliphatic carbocycles. The predicted molar refractivity (Wildman–Crippen MR) is 57.6 cm³/mol. The topological polar surface area (TPSA) is 34.1 Å². The van der Waals surface area contributed by atoms with Gasteiger partial charge >= 0.3 is 0 Å². The van der Waals surface area contributed by atoms with E-state index in [0.29, 0.717) is 6.29 Å². The van der Waals surface area contributed by atoms with Crippen molar-refractivity contribution in [3.63, 3.8) is 0 Å². The number of hydrogen-bond donors (Lipinski definition) is 0. The Morgan fingerprint density at radius 2 is 1.87 bits per heavy atom. The van der Waals surface area contributed by atoms with Crippen LogP contribution in [0.4, 0.5) is 0 Å². The molecule has 0 fully saturated rings. The van der Waals surface area contributed by atoms with Gasteiger partial charge in [-0.25, -0.2) is 0 Å². The molecule has 0 N–H and O–H groups in total. The van der Waals surface area contributed by atoms with Crippen LogP contribution < -0.4 is 0 Å². The highest BCUT2D eigenvalue weighted by Gasteiger charge is 2.41. The predicted octanol–water partition coefficient (Wildman–Crippen LogP) is 1.95. The molecule has 15 heavy (non-hydrogen) atoms. The number of carbonyl (C=O) groups is 2. The molecule has 0 bridgehead atoms. The SMILES string of the molecule is CCC1(C(=O)C=O)Cc2ccccc2C1. The zero-order valence-corrected chi connectivity index (χ0v) is 8.82. The van der Waals surface area contributed by atoms with Gasteiger partial charge in [0.1, 0.15) is 0 Å². The maximum Gasteiger partial charge on any atom is 0.201 e. The summed E-state index contributed by atoms with van der Waals surface area (Å²) in [6.07, 6.45) is 2.66. The molecule has 2 heteroatoms. The van der Waals surface area contributed by atoms with E-state index in [1.165, 1.54) is 11.1 Å². The highest BCUT2D eigenvalue weighted by molar-refractivity contribution is 6.27. The summed E-state index contributed by atoms with van der Waals surface area (Å²) in [4.78, 5) is 22.3. The van der Waals surface area contributed by atoms with E-state index in [-0.39, 0.29) is 5.78 Å². The number of fused-ring (bicyclic) bond motifs is 1. The van der Waals surface area contributed by atoms with Gasteiger partial charge in [-0.05, 0) is 30.4 Å². The number of rotatable bonds is 3. The fourth-order valence-corrected chi connectivity index (χ4v) is 2.42. The Kier molecular flexibility index (Phi) is 2.43. The highest BCUT2D eigenvalue weighted by atomic mass is 16.2. The van der Waals surface area contributed by atoms with E-state index < -0.39 is 5.41 Å². The first-order valence-corrected chi connectivity index (χ1v) is 5.28. The van der Waals surface area contributed by atoms with Gasteiger partial charge in [-0.3, -0.25) is 9.59 Å². The standard InChI is InChI=1S/C13H14O2/c1-2-13(12(15)9-14)7-10-5-3-4-6-11(10)8-13/h3-6,9H,2,7-8H2,1H3. The number of Topliss-reactive ketones (excluding diaryl/α,β-unsaturated/α-hetero) is 1. The van der Waals surface area contributed by atoms with Gasteiger partial charge in [0.2, 0.25) is 5.78 Å². The molecule has 2 rings (SSSR count). The summed E-state index contributed by atoms with van der Waals surface area (Å²) in [5.41, 5.74) is 1.98. The second kappa shape index (κ2) is 3.61. The van der Waals surface area contributed by atoms with E-state index in [1.54, 1.807) is 0 Å². The first-order chi connectivity index (χ1) is 7.22. The van der Waals surface area contributed by atoms with Crippen LogP contribution in [0.1, 0.15) is 24.5 Å². The van der Waals surface area contributed by atoms with E-state index >= 15 is 0 Å². The molecule has 0 saturated carbocycles. The molecular weight excluding hydrogens is 188 g/mol. The lowest BCUT2D eigenvalue weighted by Gasteiger charge is -2.22. The van der Waals surface area contributed by atoms with Crippen molar-refractivity contribution in [3.05, 3.63) is 35.4 Å². The molecule has 0 aliphatic heterocycles. The van der Waals surface area contributed by atoms with Crippen LogP contribution in [0.5, 0.6) is 0 Å². The largest absolute Gasteiger partial charge is 0.295 e. The van der Waals surface area contributed by atoms with Crippen LogP contribution in [0.3, 0.4) is 0 Å². The molecule has 0 atom stereocenters. The van der Waals surface area contributed by atoms with Gasteiger partial charge < -0.3 is 0 Å². The number of ketones is 1. The number of hydrogen-bond acceptors (Lipinski definition) is 2. The maximum atomic E-state index is 11.7. The van der Waals surface area contributed by atoms with Crippen molar-refractivity contribution in [2.24, 2.45) is 5.41 Å². The van der Waals surface area contributed by atoms with E-state index in [0.717, 1.165) is 19.3 Å². The lowest BCUT2D eigenvalue weighted by molar-refractivity contribution is -0.136. The van der Waals surface area contributed by atoms with E-state index in [4.69, 9.17) is 0 Å². The fourth-order valence-electron chi connectivity index (χ4n) is 2.42. The molecule has 1 aromatic carbocycles. The molecule has 1 aromatic rings. The molecule has 2 nitrogen and oxygen atoms in total. The lowest BCUT2D eigenvalue weighted by atomic mass is 9.78. The smallest absolute Gasteiger partial charge is 0.201 e. The Bertz CT molecular complexity index is 382. The quantitative estimate of drug-likeness (QED) is 0.554. The fraction of sp³-hybridized carbons (Fsp3) is 0.385. The molecule has 1 aliphatic rings. The van der Waals surface area contributed by atoms with Crippen LogP contribution in [0.15, 0.2) is 24.3 Å². The van der Waals surface area contributed by atoms with Crippen LogP contribution in [-0.4, -0.2) is 12.1 Å². The van der Waals surface area contributed by atoms with Crippen LogP contribution in [0.2, 0.25) is 0 Å². The van der Waals surface area contributed by atoms with Gasteiger partial charge in [-0.15, -0.1) is 0 Å². The summed E-state index contributed by atoms with van der Waals surface area (Å²) in [5, 5.41) is 0. The third-order valence-corrected chi connectivity index (χ3v) is 3.48. The van der Waals surface area contributed by atoms with Crippen molar-refractivity contribution in [3.8, 4) is 0 Å². The minimum atomic E-state index is -0.453. The first kappa shape index (κ1) is 10.1. The molecular formula is C13H14O2. The second-order valence-corrected chi connectivity index (χ2v) is 4.24. The Morgan fingerprint density at radius 1 is 1.33 bits per heavy atom. The van der Waals surface area contributed by atoms with Crippen molar-refractivity contribution < 1.29 is 9.59 Å². The van der Waals surface area contributed by atoms with Crippen LogP contribution in [-0.2, 0) is 22.4 Å². The van der Waals surface area contributed by atoms with Gasteiger partial charge in [0, 0.05) is 5.41 Å².